The van der Waals surface area contributed by atoms with Gasteiger partial charge in [0.2, 0.25) is 11.8 Å². The zero-order valence-corrected chi connectivity index (χ0v) is 10.7. The minimum atomic E-state index is -0.528. The first-order valence-corrected chi connectivity index (χ1v) is 5.42. The normalized spacial score (nSPS) is 10.4. The molecule has 2 amide bonds. The molecule has 17 heavy (non-hydrogen) atoms. The zero-order valence-electron chi connectivity index (χ0n) is 10.7. The number of hydrogen-bond donors (Lipinski definition) is 1. The molecule has 0 unspecified atom stereocenters. The van der Waals surface area contributed by atoms with Crippen molar-refractivity contribution in [2.75, 3.05) is 33.9 Å². The Morgan fingerprint density at radius 1 is 1.35 bits per heavy atom. The highest BCUT2D eigenvalue weighted by Gasteiger charge is 2.18. The Hall–Kier alpha value is -1.14. The van der Waals surface area contributed by atoms with E-state index < -0.39 is 6.29 Å². The van der Waals surface area contributed by atoms with E-state index in [1.165, 1.54) is 26.0 Å². The molecule has 0 saturated heterocycles. The Labute approximate surface area is 102 Å². The van der Waals surface area contributed by atoms with Crippen molar-refractivity contribution in [3.8, 4) is 0 Å². The molecule has 0 heterocycles. The molecule has 0 atom stereocenters. The summed E-state index contributed by atoms with van der Waals surface area (Å²) in [4.78, 5) is 24.2. The Kier molecular flexibility index (Phi) is 8.35. The molecular formula is C11H21N2O4. The Morgan fingerprint density at radius 2 is 1.94 bits per heavy atom. The highest BCUT2D eigenvalue weighted by Crippen LogP contribution is 1.98. The summed E-state index contributed by atoms with van der Waals surface area (Å²) in [6, 6.07) is 0. The molecule has 0 saturated carbocycles. The van der Waals surface area contributed by atoms with Gasteiger partial charge >= 0.3 is 0 Å². The molecule has 99 valence electrons. The maximum absolute atomic E-state index is 11.5. The Morgan fingerprint density at radius 3 is 2.35 bits per heavy atom. The summed E-state index contributed by atoms with van der Waals surface area (Å²) in [7, 11) is 2.96. The van der Waals surface area contributed by atoms with Gasteiger partial charge < -0.3 is 19.7 Å². The van der Waals surface area contributed by atoms with Gasteiger partial charge in [0.15, 0.2) is 6.29 Å². The van der Waals surface area contributed by atoms with Gasteiger partial charge in [-0.2, -0.15) is 0 Å². The Balaban J connectivity index is 4.23. The molecule has 0 aliphatic carbocycles. The number of nitrogens with one attached hydrogen (secondary N) is 1. The second-order valence-corrected chi connectivity index (χ2v) is 3.50. The summed E-state index contributed by atoms with van der Waals surface area (Å²) >= 11 is 0. The maximum Gasteiger partial charge on any atom is 0.239 e. The van der Waals surface area contributed by atoms with E-state index in [4.69, 9.17) is 9.47 Å². The zero-order chi connectivity index (χ0) is 13.3. The predicted octanol–water partition coefficient (Wildman–Crippen LogP) is -0.206. The van der Waals surface area contributed by atoms with Crippen molar-refractivity contribution in [1.82, 2.24) is 10.2 Å². The highest BCUT2D eigenvalue weighted by molar-refractivity contribution is 5.83. The summed E-state index contributed by atoms with van der Waals surface area (Å²) in [6.07, 6.45) is 0.0875. The van der Waals surface area contributed by atoms with Crippen molar-refractivity contribution in [2.24, 2.45) is 0 Å². The van der Waals surface area contributed by atoms with Gasteiger partial charge in [0.1, 0.15) is 0 Å². The van der Waals surface area contributed by atoms with Crippen LogP contribution in [0.1, 0.15) is 13.3 Å². The molecule has 1 N–H and O–H groups in total. The Bertz CT molecular complexity index is 242. The van der Waals surface area contributed by atoms with Crippen LogP contribution in [0.4, 0.5) is 0 Å². The van der Waals surface area contributed by atoms with Crippen LogP contribution in [0.25, 0.3) is 0 Å². The number of rotatable bonds is 8. The van der Waals surface area contributed by atoms with Gasteiger partial charge in [-0.25, -0.2) is 0 Å². The molecule has 0 aliphatic heterocycles. The fraction of sp³-hybridized carbons (Fsp3) is 0.727. The fourth-order valence-corrected chi connectivity index (χ4v) is 1.19. The lowest BCUT2D eigenvalue weighted by atomic mass is 10.4. The largest absolute Gasteiger partial charge is 0.355 e. The lowest BCUT2D eigenvalue weighted by molar-refractivity contribution is -0.147. The monoisotopic (exact) mass is 245 g/mol. The molecule has 6 nitrogen and oxygen atoms in total. The van der Waals surface area contributed by atoms with Crippen molar-refractivity contribution < 1.29 is 19.1 Å². The number of methoxy groups -OCH3 is 2. The lowest BCUT2D eigenvalue weighted by Gasteiger charge is -2.24. The average Bonchev–Trinajstić information content (AvgIpc) is 2.31. The topological polar surface area (TPSA) is 67.9 Å². The van der Waals surface area contributed by atoms with E-state index in [9.17, 15) is 9.59 Å². The molecule has 6 heteroatoms. The van der Waals surface area contributed by atoms with Crippen molar-refractivity contribution in [1.29, 1.82) is 0 Å². The number of hydrogen-bond acceptors (Lipinski definition) is 4. The fourth-order valence-electron chi connectivity index (χ4n) is 1.19. The van der Waals surface area contributed by atoms with Crippen molar-refractivity contribution in [2.45, 2.75) is 19.6 Å². The number of carbonyl (C=O) groups excluding carboxylic acids is 2. The van der Waals surface area contributed by atoms with Gasteiger partial charge in [0.05, 0.1) is 13.1 Å². The van der Waals surface area contributed by atoms with E-state index in [0.29, 0.717) is 13.0 Å². The summed E-state index contributed by atoms with van der Waals surface area (Å²) in [5.74, 6) is -0.413. The molecule has 0 bridgehead atoms. The number of ether oxygens (including phenoxy) is 2. The standard InChI is InChI=1S/C11H21N2O4/c1-5-6-12-10(15)7-13(9(2)14)8-11(16-3)17-4/h11H,1,5-8H2,2-4H3,(H,12,15). The number of carbonyl (C=O) groups is 2. The molecular weight excluding hydrogens is 224 g/mol. The van der Waals surface area contributed by atoms with E-state index in [0.717, 1.165) is 0 Å². The molecule has 0 aliphatic rings. The first-order chi connectivity index (χ1) is 8.04. The molecule has 0 fully saturated rings. The van der Waals surface area contributed by atoms with Crippen LogP contribution in [0, 0.1) is 6.92 Å². The van der Waals surface area contributed by atoms with Crippen LogP contribution in [0.5, 0.6) is 0 Å². The summed E-state index contributed by atoms with van der Waals surface area (Å²) in [5, 5.41) is 2.65. The van der Waals surface area contributed by atoms with Crippen LogP contribution in [0.15, 0.2) is 0 Å². The van der Waals surface area contributed by atoms with Crippen LogP contribution in [0.3, 0.4) is 0 Å². The first kappa shape index (κ1) is 15.9. The van der Waals surface area contributed by atoms with Crippen LogP contribution < -0.4 is 5.32 Å². The van der Waals surface area contributed by atoms with Crippen molar-refractivity contribution >= 4 is 11.8 Å². The molecule has 0 rings (SSSR count). The van der Waals surface area contributed by atoms with Crippen LogP contribution in [0.2, 0.25) is 0 Å². The third kappa shape index (κ3) is 6.91. The van der Waals surface area contributed by atoms with E-state index >= 15 is 0 Å². The van der Waals surface area contributed by atoms with Crippen molar-refractivity contribution in [3.63, 3.8) is 0 Å². The SMILES string of the molecule is [CH2]CCNC(=O)CN(CC(OC)OC)C(C)=O. The molecule has 0 aromatic rings. The highest BCUT2D eigenvalue weighted by atomic mass is 16.7. The summed E-state index contributed by atoms with van der Waals surface area (Å²) < 4.78 is 9.97. The quantitative estimate of drug-likeness (QED) is 0.601. The van der Waals surface area contributed by atoms with Crippen molar-refractivity contribution in [3.05, 3.63) is 6.92 Å². The molecule has 1 radical (unpaired) electrons. The van der Waals surface area contributed by atoms with Crippen LogP contribution in [-0.4, -0.2) is 56.9 Å². The third-order valence-electron chi connectivity index (χ3n) is 2.17. The van der Waals surface area contributed by atoms with E-state index in [-0.39, 0.29) is 24.9 Å². The number of nitrogens with zero attached hydrogens (tertiary/aromatic N) is 1. The minimum Gasteiger partial charge on any atom is -0.355 e. The summed E-state index contributed by atoms with van der Waals surface area (Å²) in [5.41, 5.74) is 0. The van der Waals surface area contributed by atoms with E-state index in [1.807, 2.05) is 0 Å². The molecule has 0 aromatic heterocycles. The van der Waals surface area contributed by atoms with Gasteiger partial charge in [-0.05, 0) is 6.42 Å². The lowest BCUT2D eigenvalue weighted by Crippen LogP contribution is -2.44. The summed E-state index contributed by atoms with van der Waals surface area (Å²) in [6.45, 7) is 5.73. The molecule has 0 aromatic carbocycles. The maximum atomic E-state index is 11.5. The average molecular weight is 245 g/mol. The predicted molar refractivity (Wildman–Crippen MR) is 63.0 cm³/mol. The molecule has 0 spiro atoms. The van der Waals surface area contributed by atoms with Gasteiger partial charge in [0.25, 0.3) is 0 Å². The van der Waals surface area contributed by atoms with Crippen LogP contribution in [-0.2, 0) is 19.1 Å². The van der Waals surface area contributed by atoms with E-state index in [2.05, 4.69) is 12.2 Å². The number of amides is 2. The van der Waals surface area contributed by atoms with Gasteiger partial charge in [0, 0.05) is 27.7 Å². The van der Waals surface area contributed by atoms with Crippen LogP contribution >= 0.6 is 0 Å². The van der Waals surface area contributed by atoms with Gasteiger partial charge in [-0.1, -0.05) is 6.92 Å². The first-order valence-electron chi connectivity index (χ1n) is 5.42. The second kappa shape index (κ2) is 8.95. The second-order valence-electron chi connectivity index (χ2n) is 3.50. The van der Waals surface area contributed by atoms with E-state index in [1.54, 1.807) is 0 Å². The smallest absolute Gasteiger partial charge is 0.239 e. The van der Waals surface area contributed by atoms with Gasteiger partial charge in [-0.3, -0.25) is 9.59 Å². The van der Waals surface area contributed by atoms with Gasteiger partial charge in [-0.15, -0.1) is 0 Å². The minimum absolute atomic E-state index is 0.00144. The third-order valence-corrected chi connectivity index (χ3v) is 2.17.